The molecule has 0 saturated heterocycles. The van der Waals surface area contributed by atoms with Gasteiger partial charge in [0.1, 0.15) is 11.5 Å². The molecule has 1 aromatic heterocycles. The van der Waals surface area contributed by atoms with E-state index in [-0.39, 0.29) is 11.0 Å². The van der Waals surface area contributed by atoms with Crippen molar-refractivity contribution in [2.24, 2.45) is 5.92 Å². The van der Waals surface area contributed by atoms with E-state index in [2.05, 4.69) is 13.8 Å². The average Bonchev–Trinajstić information content (AvgIpc) is 3.07. The zero-order valence-electron chi connectivity index (χ0n) is 14.9. The topological polar surface area (TPSA) is 50.4 Å². The zero-order chi connectivity index (χ0) is 17.8. The maximum Gasteiger partial charge on any atom is 0.344 e. The van der Waals surface area contributed by atoms with Gasteiger partial charge in [-0.1, -0.05) is 57.0 Å². The average molecular weight is 359 g/mol. The van der Waals surface area contributed by atoms with Crippen molar-refractivity contribution in [3.8, 4) is 17.1 Å². The molecule has 3 rings (SSSR count). The van der Waals surface area contributed by atoms with Crippen LogP contribution in [0, 0.1) is 5.92 Å². The minimum atomic E-state index is -0.407. The molecule has 1 aromatic carbocycles. The fraction of sp³-hybridized carbons (Fsp3) is 0.476. The van der Waals surface area contributed by atoms with Gasteiger partial charge >= 0.3 is 5.63 Å². The van der Waals surface area contributed by atoms with Crippen LogP contribution in [0.3, 0.4) is 0 Å². The third-order valence-corrected chi connectivity index (χ3v) is 6.30. The van der Waals surface area contributed by atoms with Crippen LogP contribution in [0.1, 0.15) is 56.8 Å². The van der Waals surface area contributed by atoms with Crippen LogP contribution in [0.4, 0.5) is 0 Å². The lowest BCUT2D eigenvalue weighted by Crippen LogP contribution is -2.15. The highest BCUT2D eigenvalue weighted by Gasteiger charge is 2.28. The minimum Gasteiger partial charge on any atom is -0.507 e. The number of thioether (sulfide) groups is 1. The van der Waals surface area contributed by atoms with E-state index in [0.717, 1.165) is 12.0 Å². The summed E-state index contributed by atoms with van der Waals surface area (Å²) in [5.41, 5.74) is 0.825. The number of aromatic hydroxyl groups is 1. The van der Waals surface area contributed by atoms with Gasteiger partial charge < -0.3 is 9.52 Å². The lowest BCUT2D eigenvalue weighted by atomic mass is 10.0. The van der Waals surface area contributed by atoms with Crippen LogP contribution in [-0.4, -0.2) is 10.4 Å². The summed E-state index contributed by atoms with van der Waals surface area (Å²) in [6, 6.07) is 11.0. The van der Waals surface area contributed by atoms with Crippen LogP contribution < -0.4 is 5.63 Å². The molecular weight excluding hydrogens is 332 g/mol. The van der Waals surface area contributed by atoms with Gasteiger partial charge in [-0.15, -0.1) is 11.8 Å². The monoisotopic (exact) mass is 358 g/mol. The van der Waals surface area contributed by atoms with E-state index in [4.69, 9.17) is 4.42 Å². The van der Waals surface area contributed by atoms with Crippen molar-refractivity contribution in [1.82, 2.24) is 0 Å². The van der Waals surface area contributed by atoms with E-state index in [1.54, 1.807) is 6.07 Å². The molecule has 0 radical (unpaired) electrons. The maximum absolute atomic E-state index is 12.7. The Balaban J connectivity index is 1.93. The van der Waals surface area contributed by atoms with E-state index in [0.29, 0.717) is 22.5 Å². The number of hydrogen-bond acceptors (Lipinski definition) is 4. The number of rotatable bonds is 6. The van der Waals surface area contributed by atoms with Crippen molar-refractivity contribution in [2.45, 2.75) is 56.5 Å². The summed E-state index contributed by atoms with van der Waals surface area (Å²) >= 11 is 1.84. The van der Waals surface area contributed by atoms with Crippen LogP contribution >= 0.6 is 11.8 Å². The van der Waals surface area contributed by atoms with Crippen molar-refractivity contribution in [1.29, 1.82) is 0 Å². The molecule has 1 fully saturated rings. The van der Waals surface area contributed by atoms with E-state index >= 15 is 0 Å². The number of hydrogen-bond donors (Lipinski definition) is 1. The van der Waals surface area contributed by atoms with Gasteiger partial charge in [-0.2, -0.15) is 0 Å². The predicted octanol–water partition coefficient (Wildman–Crippen LogP) is 5.78. The molecule has 1 aliphatic carbocycles. The Kier molecular flexibility index (Phi) is 5.89. The molecule has 1 N–H and O–H groups in total. The van der Waals surface area contributed by atoms with Crippen LogP contribution in [0.5, 0.6) is 5.75 Å². The van der Waals surface area contributed by atoms with Gasteiger partial charge in [0.2, 0.25) is 0 Å². The zero-order valence-corrected chi connectivity index (χ0v) is 15.7. The van der Waals surface area contributed by atoms with Gasteiger partial charge in [-0.25, -0.2) is 4.79 Å². The van der Waals surface area contributed by atoms with Gasteiger partial charge in [0.15, 0.2) is 0 Å². The Morgan fingerprint density at radius 1 is 1.20 bits per heavy atom. The third kappa shape index (κ3) is 4.49. The molecular formula is C21H26O3S. The summed E-state index contributed by atoms with van der Waals surface area (Å²) in [5.74, 6) is 0.929. The largest absolute Gasteiger partial charge is 0.507 e. The summed E-state index contributed by atoms with van der Waals surface area (Å²) in [7, 11) is 0. The fourth-order valence-corrected chi connectivity index (χ4v) is 5.38. The van der Waals surface area contributed by atoms with Gasteiger partial charge in [0.05, 0.1) is 5.56 Å². The molecule has 1 atom stereocenters. The molecule has 2 aromatic rings. The SMILES string of the molecule is CC(C)C[C@@H](SC1CCCC1)c1c(O)cc(-c2ccccc2)oc1=O. The Labute approximate surface area is 153 Å². The summed E-state index contributed by atoms with van der Waals surface area (Å²) in [5, 5.41) is 11.2. The quantitative estimate of drug-likeness (QED) is 0.711. The summed E-state index contributed by atoms with van der Waals surface area (Å²) in [6.07, 6.45) is 5.80. The molecule has 0 unspecified atom stereocenters. The second kappa shape index (κ2) is 8.13. The highest BCUT2D eigenvalue weighted by atomic mass is 32.2. The summed E-state index contributed by atoms with van der Waals surface area (Å²) in [6.45, 7) is 4.30. The molecule has 0 aliphatic heterocycles. The van der Waals surface area contributed by atoms with Crippen LogP contribution in [0.15, 0.2) is 45.6 Å². The van der Waals surface area contributed by atoms with Crippen molar-refractivity contribution < 1.29 is 9.52 Å². The van der Waals surface area contributed by atoms with Crippen LogP contribution in [-0.2, 0) is 0 Å². The molecule has 0 spiro atoms. The Hall–Kier alpha value is -1.68. The van der Waals surface area contributed by atoms with Gasteiger partial charge in [0.25, 0.3) is 0 Å². The fourth-order valence-electron chi connectivity index (χ4n) is 3.46. The predicted molar refractivity (Wildman–Crippen MR) is 104 cm³/mol. The van der Waals surface area contributed by atoms with Crippen molar-refractivity contribution in [3.05, 3.63) is 52.4 Å². The van der Waals surface area contributed by atoms with Crippen molar-refractivity contribution in [3.63, 3.8) is 0 Å². The first-order valence-electron chi connectivity index (χ1n) is 9.12. The Morgan fingerprint density at radius 3 is 2.48 bits per heavy atom. The van der Waals surface area contributed by atoms with Crippen molar-refractivity contribution >= 4 is 11.8 Å². The van der Waals surface area contributed by atoms with E-state index in [9.17, 15) is 9.90 Å². The number of benzene rings is 1. The Bertz CT molecular complexity index is 745. The van der Waals surface area contributed by atoms with Gasteiger partial charge in [-0.3, -0.25) is 0 Å². The highest BCUT2D eigenvalue weighted by Crippen LogP contribution is 2.44. The maximum atomic E-state index is 12.7. The van der Waals surface area contributed by atoms with Gasteiger partial charge in [-0.05, 0) is 25.2 Å². The molecule has 3 nitrogen and oxygen atoms in total. The molecule has 1 saturated carbocycles. The molecule has 1 heterocycles. The van der Waals surface area contributed by atoms with Gasteiger partial charge in [0, 0.05) is 22.1 Å². The first kappa shape index (κ1) is 18.1. The molecule has 0 bridgehead atoms. The second-order valence-electron chi connectivity index (χ2n) is 7.22. The minimum absolute atomic E-state index is 0.0100. The van der Waals surface area contributed by atoms with Crippen molar-refractivity contribution in [2.75, 3.05) is 0 Å². The standard InChI is InChI=1S/C21H26O3S/c1-14(2)12-19(25-16-10-6-7-11-16)20-17(22)13-18(24-21(20)23)15-8-4-3-5-9-15/h3-5,8-9,13-14,16,19,22H,6-7,10-12H2,1-2H3/t19-/m1/s1. The molecule has 134 valence electrons. The first-order chi connectivity index (χ1) is 12.0. The normalized spacial score (nSPS) is 16.4. The van der Waals surface area contributed by atoms with E-state index in [1.807, 2.05) is 42.1 Å². The molecule has 25 heavy (non-hydrogen) atoms. The lowest BCUT2D eigenvalue weighted by Gasteiger charge is -2.22. The first-order valence-corrected chi connectivity index (χ1v) is 10.1. The van der Waals surface area contributed by atoms with Crippen LogP contribution in [0.25, 0.3) is 11.3 Å². The van der Waals surface area contributed by atoms with Crippen LogP contribution in [0.2, 0.25) is 0 Å². The molecule has 0 amide bonds. The van der Waals surface area contributed by atoms with E-state index < -0.39 is 5.63 Å². The second-order valence-corrected chi connectivity index (χ2v) is 8.73. The summed E-state index contributed by atoms with van der Waals surface area (Å²) < 4.78 is 5.57. The smallest absolute Gasteiger partial charge is 0.344 e. The third-order valence-electron chi connectivity index (χ3n) is 4.69. The molecule has 4 heteroatoms. The highest BCUT2D eigenvalue weighted by molar-refractivity contribution is 8.00. The van der Waals surface area contributed by atoms with E-state index in [1.165, 1.54) is 25.7 Å². The summed E-state index contributed by atoms with van der Waals surface area (Å²) in [4.78, 5) is 12.7. The lowest BCUT2D eigenvalue weighted by molar-refractivity contribution is 0.433. The Morgan fingerprint density at radius 2 is 1.88 bits per heavy atom. The molecule has 1 aliphatic rings.